The highest BCUT2D eigenvalue weighted by atomic mass is 32.2. The number of carbonyl (C=O) groups excluding carboxylic acids is 1. The van der Waals surface area contributed by atoms with Crippen molar-refractivity contribution < 1.29 is 27.2 Å². The van der Waals surface area contributed by atoms with Gasteiger partial charge < -0.3 is 23.8 Å². The van der Waals surface area contributed by atoms with Gasteiger partial charge in [0.05, 0.1) is 19.8 Å². The first-order valence-corrected chi connectivity index (χ1v) is 12.2. The zero-order valence-electron chi connectivity index (χ0n) is 19.1. The second-order valence-electron chi connectivity index (χ2n) is 8.04. The number of piperazine rings is 2. The molecule has 0 aliphatic carbocycles. The highest BCUT2D eigenvalue weighted by molar-refractivity contribution is 7.86. The zero-order valence-corrected chi connectivity index (χ0v) is 19.9. The Hall–Kier alpha value is -2.67. The number of amides is 1. The highest BCUT2D eigenvalue weighted by Gasteiger charge is 2.35. The normalized spacial score (nSPS) is 18.9. The molecule has 0 radical (unpaired) electrons. The third-order valence-electron chi connectivity index (χ3n) is 6.04. The average molecular weight is 480 g/mol. The number of hydrogen-bond donors (Lipinski definition) is 0. The zero-order chi connectivity index (χ0) is 23.6. The van der Waals surface area contributed by atoms with Gasteiger partial charge in [-0.15, -0.1) is 0 Å². The van der Waals surface area contributed by atoms with E-state index in [2.05, 4.69) is 10.1 Å². The highest BCUT2D eigenvalue weighted by Crippen LogP contribution is 2.34. The van der Waals surface area contributed by atoms with Gasteiger partial charge in [-0.25, -0.2) is 0 Å². The van der Waals surface area contributed by atoms with Crippen LogP contribution < -0.4 is 9.47 Å². The maximum absolute atomic E-state index is 13.0. The number of ether oxygens (including phenoxy) is 2. The first-order chi connectivity index (χ1) is 15.8. The molecule has 33 heavy (non-hydrogen) atoms. The minimum absolute atomic E-state index is 0.158. The molecule has 3 heterocycles. The van der Waals surface area contributed by atoms with Crippen molar-refractivity contribution in [3.8, 4) is 22.8 Å². The lowest BCUT2D eigenvalue weighted by molar-refractivity contribution is 0.0682. The summed E-state index contributed by atoms with van der Waals surface area (Å²) in [5.74, 6) is 1.26. The van der Waals surface area contributed by atoms with E-state index in [0.29, 0.717) is 49.0 Å². The molecule has 2 saturated heterocycles. The molecule has 2 fully saturated rings. The molecule has 0 N–H and O–H groups in total. The summed E-state index contributed by atoms with van der Waals surface area (Å²) in [6.07, 6.45) is 0. The number of rotatable bonds is 6. The van der Waals surface area contributed by atoms with Crippen LogP contribution in [0, 0.1) is 0 Å². The number of hydrogen-bond acceptors (Lipinski definition) is 8. The fourth-order valence-electron chi connectivity index (χ4n) is 3.98. The molecule has 2 aliphatic rings. The van der Waals surface area contributed by atoms with Gasteiger partial charge in [0.1, 0.15) is 11.5 Å². The van der Waals surface area contributed by atoms with Crippen LogP contribution in [0.4, 0.5) is 0 Å². The monoisotopic (exact) mass is 479 g/mol. The van der Waals surface area contributed by atoms with Crippen molar-refractivity contribution in [1.82, 2.24) is 23.6 Å². The molecule has 0 unspecified atom stereocenters. The Morgan fingerprint density at radius 3 is 2.18 bits per heavy atom. The second-order valence-corrected chi connectivity index (χ2v) is 9.97. The molecule has 4 rings (SSSR count). The number of carbonyl (C=O) groups is 1. The fourth-order valence-corrected chi connectivity index (χ4v) is 5.55. The number of methoxy groups -OCH3 is 2. The first kappa shape index (κ1) is 23.5. The molecule has 2 aromatic rings. The molecule has 0 spiro atoms. The third kappa shape index (κ3) is 4.83. The minimum atomic E-state index is -3.53. The first-order valence-electron chi connectivity index (χ1n) is 10.8. The lowest BCUT2D eigenvalue weighted by atomic mass is 10.1. The Bertz CT molecular complexity index is 1090. The summed E-state index contributed by atoms with van der Waals surface area (Å²) >= 11 is 0. The maximum Gasteiger partial charge on any atom is 0.282 e. The van der Waals surface area contributed by atoms with E-state index in [1.807, 2.05) is 7.05 Å². The van der Waals surface area contributed by atoms with E-state index in [4.69, 9.17) is 14.0 Å². The van der Waals surface area contributed by atoms with E-state index in [0.717, 1.165) is 0 Å². The maximum atomic E-state index is 13.0. The number of benzene rings is 1. The topological polar surface area (TPSA) is 109 Å². The van der Waals surface area contributed by atoms with Crippen LogP contribution in [0.25, 0.3) is 11.3 Å². The van der Waals surface area contributed by atoms with E-state index in [1.165, 1.54) is 8.61 Å². The van der Waals surface area contributed by atoms with E-state index < -0.39 is 10.2 Å². The molecule has 0 atom stereocenters. The Morgan fingerprint density at radius 2 is 1.58 bits per heavy atom. The summed E-state index contributed by atoms with van der Waals surface area (Å²) < 4.78 is 44.9. The SMILES string of the molecule is COc1ccc(OC)c(-c2cc(C(=O)N3CCN(S(=O)(=O)N4CCN(C)CC4)CC3)no2)c1. The van der Waals surface area contributed by atoms with Crippen LogP contribution in [0.5, 0.6) is 11.5 Å². The van der Waals surface area contributed by atoms with Crippen molar-refractivity contribution in [2.45, 2.75) is 0 Å². The molecule has 1 aromatic carbocycles. The molecule has 12 heteroatoms. The summed E-state index contributed by atoms with van der Waals surface area (Å²) in [7, 11) is 1.56. The fraction of sp³-hybridized carbons (Fsp3) is 0.524. The summed E-state index contributed by atoms with van der Waals surface area (Å²) in [5, 5.41) is 3.94. The molecule has 2 aliphatic heterocycles. The van der Waals surface area contributed by atoms with E-state index in [9.17, 15) is 13.2 Å². The van der Waals surface area contributed by atoms with Crippen LogP contribution >= 0.6 is 0 Å². The van der Waals surface area contributed by atoms with Crippen molar-refractivity contribution in [1.29, 1.82) is 0 Å². The molecule has 1 aromatic heterocycles. The quantitative estimate of drug-likeness (QED) is 0.593. The molecule has 0 saturated carbocycles. The van der Waals surface area contributed by atoms with Crippen LogP contribution in [-0.4, -0.2) is 112 Å². The molecular weight excluding hydrogens is 450 g/mol. The largest absolute Gasteiger partial charge is 0.497 e. The third-order valence-corrected chi connectivity index (χ3v) is 8.08. The van der Waals surface area contributed by atoms with Gasteiger partial charge in [-0.2, -0.15) is 17.0 Å². The van der Waals surface area contributed by atoms with E-state index in [-0.39, 0.29) is 37.8 Å². The van der Waals surface area contributed by atoms with Gasteiger partial charge in [0.25, 0.3) is 16.1 Å². The van der Waals surface area contributed by atoms with Crippen LogP contribution in [0.15, 0.2) is 28.8 Å². The predicted molar refractivity (Wildman–Crippen MR) is 121 cm³/mol. The average Bonchev–Trinajstić information content (AvgIpc) is 3.33. The standard InChI is InChI=1S/C21H29N5O6S/c1-23-6-10-25(11-7-23)33(28,29)26-12-8-24(9-13-26)21(27)18-15-20(32-22-18)17-14-16(30-2)4-5-19(17)31-3/h4-5,14-15H,6-13H2,1-3H3. The summed E-state index contributed by atoms with van der Waals surface area (Å²) in [4.78, 5) is 16.7. The van der Waals surface area contributed by atoms with Gasteiger partial charge >= 0.3 is 0 Å². The smallest absolute Gasteiger partial charge is 0.282 e. The lowest BCUT2D eigenvalue weighted by Gasteiger charge is -2.38. The van der Waals surface area contributed by atoms with Crippen LogP contribution in [0.1, 0.15) is 10.5 Å². The predicted octanol–water partition coefficient (Wildman–Crippen LogP) is 0.609. The molecule has 1 amide bonds. The molecular formula is C21H29N5O6S. The van der Waals surface area contributed by atoms with Crippen molar-refractivity contribution in [2.24, 2.45) is 0 Å². The Morgan fingerprint density at radius 1 is 0.939 bits per heavy atom. The summed E-state index contributed by atoms with van der Waals surface area (Å²) in [5.41, 5.74) is 0.775. The Balaban J connectivity index is 1.41. The van der Waals surface area contributed by atoms with Crippen molar-refractivity contribution in [3.05, 3.63) is 30.0 Å². The number of nitrogens with zero attached hydrogens (tertiary/aromatic N) is 5. The van der Waals surface area contributed by atoms with E-state index in [1.54, 1.807) is 43.4 Å². The second kappa shape index (κ2) is 9.67. The van der Waals surface area contributed by atoms with Crippen molar-refractivity contribution in [3.63, 3.8) is 0 Å². The molecule has 180 valence electrons. The van der Waals surface area contributed by atoms with E-state index >= 15 is 0 Å². The van der Waals surface area contributed by atoms with Crippen LogP contribution in [0.2, 0.25) is 0 Å². The number of aromatic nitrogens is 1. The van der Waals surface area contributed by atoms with Gasteiger partial charge in [-0.05, 0) is 25.2 Å². The van der Waals surface area contributed by atoms with Crippen LogP contribution in [-0.2, 0) is 10.2 Å². The molecule has 0 bridgehead atoms. The van der Waals surface area contributed by atoms with Gasteiger partial charge in [0.15, 0.2) is 11.5 Å². The Kier molecular flexibility index (Phi) is 6.88. The van der Waals surface area contributed by atoms with Crippen molar-refractivity contribution in [2.75, 3.05) is 73.6 Å². The van der Waals surface area contributed by atoms with Gasteiger partial charge in [-0.3, -0.25) is 4.79 Å². The summed E-state index contributed by atoms with van der Waals surface area (Å²) in [6, 6.07) is 6.82. The number of likely N-dealkylation sites (N-methyl/N-ethyl adjacent to an activating group) is 1. The minimum Gasteiger partial charge on any atom is -0.497 e. The van der Waals surface area contributed by atoms with Gasteiger partial charge in [0.2, 0.25) is 0 Å². The molecule has 11 nitrogen and oxygen atoms in total. The van der Waals surface area contributed by atoms with Gasteiger partial charge in [-0.1, -0.05) is 5.16 Å². The Labute approximate surface area is 193 Å². The van der Waals surface area contributed by atoms with Crippen LogP contribution in [0.3, 0.4) is 0 Å². The lowest BCUT2D eigenvalue weighted by Crippen LogP contribution is -2.57. The summed E-state index contributed by atoms with van der Waals surface area (Å²) in [6.45, 7) is 3.45. The van der Waals surface area contributed by atoms with Crippen molar-refractivity contribution >= 4 is 16.1 Å². The van der Waals surface area contributed by atoms with Gasteiger partial charge in [0, 0.05) is 58.4 Å².